The van der Waals surface area contributed by atoms with Crippen LogP contribution < -0.4 is 9.47 Å². The monoisotopic (exact) mass is 326 g/mol. The Morgan fingerprint density at radius 3 is 1.87 bits per heavy atom. The molecule has 0 spiro atoms. The smallest absolute Gasteiger partial charge is 0.469 e. The number of hydrogen-bond donors (Lipinski definition) is 0. The Balaban J connectivity index is 1.98. The van der Waals surface area contributed by atoms with Crippen molar-refractivity contribution in [2.45, 2.75) is 12.8 Å². The molecule has 0 aliphatic heterocycles. The summed E-state index contributed by atoms with van der Waals surface area (Å²) < 4.78 is 50.0. The van der Waals surface area contributed by atoms with E-state index in [1.165, 1.54) is 19.2 Å². The molecule has 0 amide bonds. The normalized spacial score (nSPS) is 11.0. The van der Waals surface area contributed by atoms with Crippen LogP contribution in [0.4, 0.5) is 13.2 Å². The van der Waals surface area contributed by atoms with Crippen LogP contribution in [0.25, 0.3) is 0 Å². The topological polar surface area (TPSA) is 44.8 Å². The molecule has 2 rings (SSSR count). The molecule has 2 aromatic rings. The first-order valence-corrected chi connectivity index (χ1v) is 6.55. The van der Waals surface area contributed by atoms with Crippen molar-refractivity contribution in [3.05, 3.63) is 54.1 Å². The number of methoxy groups -OCH3 is 1. The van der Waals surface area contributed by atoms with Crippen LogP contribution >= 0.6 is 0 Å². The summed E-state index contributed by atoms with van der Waals surface area (Å²) in [5.41, 5.74) is 0.762. The number of alkyl halides is 3. The number of hydrogen-bond acceptors (Lipinski definition) is 4. The van der Waals surface area contributed by atoms with Crippen LogP contribution in [0.15, 0.2) is 48.5 Å². The Labute approximate surface area is 130 Å². The molecule has 0 aromatic heterocycles. The van der Waals surface area contributed by atoms with E-state index in [4.69, 9.17) is 4.74 Å². The van der Waals surface area contributed by atoms with E-state index in [-0.39, 0.29) is 18.1 Å². The number of carbonyl (C=O) groups is 1. The summed E-state index contributed by atoms with van der Waals surface area (Å²) in [4.78, 5) is 11.1. The summed E-state index contributed by atoms with van der Waals surface area (Å²) in [6, 6.07) is 11.8. The summed E-state index contributed by atoms with van der Waals surface area (Å²) in [5, 5.41) is 0. The van der Waals surface area contributed by atoms with Crippen LogP contribution in [0.3, 0.4) is 0 Å². The number of halogens is 3. The summed E-state index contributed by atoms with van der Waals surface area (Å²) >= 11 is 0. The second kappa shape index (κ2) is 7.04. The Kier molecular flexibility index (Phi) is 5.10. The Hall–Kier alpha value is -2.70. The van der Waals surface area contributed by atoms with Crippen molar-refractivity contribution in [2.24, 2.45) is 0 Å². The van der Waals surface area contributed by atoms with Gasteiger partial charge in [-0.05, 0) is 42.0 Å². The average Bonchev–Trinajstić information content (AvgIpc) is 2.49. The molecule has 0 bridgehead atoms. The van der Waals surface area contributed by atoms with Gasteiger partial charge in [0.25, 0.3) is 0 Å². The van der Waals surface area contributed by atoms with E-state index < -0.39 is 6.36 Å². The van der Waals surface area contributed by atoms with Gasteiger partial charge in [-0.3, -0.25) is 4.79 Å². The highest BCUT2D eigenvalue weighted by Gasteiger charge is 2.30. The molecule has 0 unspecified atom stereocenters. The maximum atomic E-state index is 12.1. The highest BCUT2D eigenvalue weighted by Crippen LogP contribution is 2.27. The van der Waals surface area contributed by atoms with E-state index in [9.17, 15) is 18.0 Å². The third-order valence-electron chi connectivity index (χ3n) is 2.79. The number of carbonyl (C=O) groups excluding carboxylic acids is 1. The predicted molar refractivity (Wildman–Crippen MR) is 75.4 cm³/mol. The minimum Gasteiger partial charge on any atom is -0.469 e. The van der Waals surface area contributed by atoms with Gasteiger partial charge in [-0.2, -0.15) is 0 Å². The second-order valence-electron chi connectivity index (χ2n) is 4.52. The van der Waals surface area contributed by atoms with Crippen molar-refractivity contribution in [3.8, 4) is 17.2 Å². The van der Waals surface area contributed by atoms with Crippen LogP contribution in [0.1, 0.15) is 5.56 Å². The fourth-order valence-corrected chi connectivity index (χ4v) is 1.76. The molecule has 0 heterocycles. The van der Waals surface area contributed by atoms with Gasteiger partial charge in [0.2, 0.25) is 0 Å². The molecule has 0 radical (unpaired) electrons. The zero-order chi connectivity index (χ0) is 16.9. The molecule has 0 N–H and O–H groups in total. The van der Waals surface area contributed by atoms with Crippen molar-refractivity contribution < 1.29 is 32.2 Å². The van der Waals surface area contributed by atoms with E-state index in [1.807, 2.05) is 0 Å². The molecule has 0 atom stereocenters. The van der Waals surface area contributed by atoms with Gasteiger partial charge < -0.3 is 14.2 Å². The molecule has 0 aliphatic rings. The van der Waals surface area contributed by atoms with Crippen molar-refractivity contribution >= 4 is 5.97 Å². The van der Waals surface area contributed by atoms with Crippen molar-refractivity contribution in [2.75, 3.05) is 7.11 Å². The molecule has 7 heteroatoms. The minimum atomic E-state index is -4.72. The lowest BCUT2D eigenvalue weighted by molar-refractivity contribution is -0.274. The average molecular weight is 326 g/mol. The van der Waals surface area contributed by atoms with Gasteiger partial charge in [0, 0.05) is 0 Å². The maximum Gasteiger partial charge on any atom is 0.573 e. The summed E-state index contributed by atoms with van der Waals surface area (Å²) in [6.45, 7) is 0. The van der Waals surface area contributed by atoms with Crippen molar-refractivity contribution in [3.63, 3.8) is 0 Å². The number of ether oxygens (including phenoxy) is 3. The minimum absolute atomic E-state index is 0.153. The van der Waals surface area contributed by atoms with Crippen molar-refractivity contribution in [1.29, 1.82) is 0 Å². The summed E-state index contributed by atoms with van der Waals surface area (Å²) in [7, 11) is 1.31. The molecule has 4 nitrogen and oxygen atoms in total. The Morgan fingerprint density at radius 2 is 1.39 bits per heavy atom. The second-order valence-corrected chi connectivity index (χ2v) is 4.52. The third-order valence-corrected chi connectivity index (χ3v) is 2.79. The molecule has 2 aromatic carbocycles. The van der Waals surface area contributed by atoms with Crippen LogP contribution in [0, 0.1) is 0 Å². The van der Waals surface area contributed by atoms with E-state index in [0.29, 0.717) is 11.5 Å². The number of esters is 1. The van der Waals surface area contributed by atoms with Gasteiger partial charge in [-0.25, -0.2) is 0 Å². The molecule has 23 heavy (non-hydrogen) atoms. The van der Waals surface area contributed by atoms with Crippen LogP contribution in [0.2, 0.25) is 0 Å². The molecule has 122 valence electrons. The van der Waals surface area contributed by atoms with Crippen LogP contribution in [-0.2, 0) is 16.0 Å². The molecule has 0 fully saturated rings. The first-order valence-electron chi connectivity index (χ1n) is 6.55. The zero-order valence-electron chi connectivity index (χ0n) is 12.1. The third kappa shape index (κ3) is 5.54. The van der Waals surface area contributed by atoms with E-state index in [0.717, 1.165) is 17.7 Å². The SMILES string of the molecule is COC(=O)Cc1ccc(Oc2ccc(OC(F)(F)F)cc2)cc1. The fraction of sp³-hybridized carbons (Fsp3) is 0.188. The highest BCUT2D eigenvalue weighted by molar-refractivity contribution is 5.72. The first-order chi connectivity index (χ1) is 10.9. The lowest BCUT2D eigenvalue weighted by Gasteiger charge is -2.10. The fourth-order valence-electron chi connectivity index (χ4n) is 1.76. The van der Waals surface area contributed by atoms with Gasteiger partial charge in [0.05, 0.1) is 13.5 Å². The van der Waals surface area contributed by atoms with E-state index >= 15 is 0 Å². The predicted octanol–water partition coefficient (Wildman–Crippen LogP) is 4.09. The molecular formula is C16H13F3O4. The first kappa shape index (κ1) is 16.7. The highest BCUT2D eigenvalue weighted by atomic mass is 19.4. The largest absolute Gasteiger partial charge is 0.573 e. The van der Waals surface area contributed by atoms with Gasteiger partial charge in [-0.15, -0.1) is 13.2 Å². The zero-order valence-corrected chi connectivity index (χ0v) is 12.1. The Bertz CT molecular complexity index is 649. The molecular weight excluding hydrogens is 313 g/mol. The lowest BCUT2D eigenvalue weighted by atomic mass is 10.1. The van der Waals surface area contributed by atoms with E-state index in [2.05, 4.69) is 9.47 Å². The number of rotatable bonds is 5. The number of benzene rings is 2. The molecule has 0 saturated carbocycles. The lowest BCUT2D eigenvalue weighted by Crippen LogP contribution is -2.16. The van der Waals surface area contributed by atoms with Crippen molar-refractivity contribution in [1.82, 2.24) is 0 Å². The van der Waals surface area contributed by atoms with Crippen LogP contribution in [0.5, 0.6) is 17.2 Å². The van der Waals surface area contributed by atoms with Gasteiger partial charge >= 0.3 is 12.3 Å². The van der Waals surface area contributed by atoms with Crippen LogP contribution in [-0.4, -0.2) is 19.4 Å². The molecule has 0 aliphatic carbocycles. The Morgan fingerprint density at radius 1 is 0.913 bits per heavy atom. The van der Waals surface area contributed by atoms with Gasteiger partial charge in [0.15, 0.2) is 0 Å². The maximum absolute atomic E-state index is 12.1. The summed E-state index contributed by atoms with van der Waals surface area (Å²) in [5.74, 6) is 0.181. The standard InChI is InChI=1S/C16H13F3O4/c1-21-15(20)10-11-2-4-12(5-3-11)22-13-6-8-14(9-7-13)23-16(17,18)19/h2-9H,10H2,1H3. The molecule has 0 saturated heterocycles. The van der Waals surface area contributed by atoms with Gasteiger partial charge in [0.1, 0.15) is 17.2 Å². The van der Waals surface area contributed by atoms with Gasteiger partial charge in [-0.1, -0.05) is 12.1 Å². The van der Waals surface area contributed by atoms with E-state index in [1.54, 1.807) is 24.3 Å². The summed E-state index contributed by atoms with van der Waals surface area (Å²) in [6.07, 6.45) is -4.57. The quantitative estimate of drug-likeness (QED) is 0.776.